The van der Waals surface area contributed by atoms with Gasteiger partial charge in [-0.05, 0) is 31.0 Å². The van der Waals surface area contributed by atoms with E-state index in [0.29, 0.717) is 36.9 Å². The quantitative estimate of drug-likeness (QED) is 0.328. The van der Waals surface area contributed by atoms with Crippen molar-refractivity contribution in [3.63, 3.8) is 0 Å². The fourth-order valence-corrected chi connectivity index (χ4v) is 3.15. The molecule has 0 bridgehead atoms. The average molecular weight is 438 g/mol. The molecule has 0 spiro atoms. The third-order valence-electron chi connectivity index (χ3n) is 5.15. The Labute approximate surface area is 186 Å². The summed E-state index contributed by atoms with van der Waals surface area (Å²) in [5, 5.41) is 14.7. The summed E-state index contributed by atoms with van der Waals surface area (Å²) in [5.74, 6) is 0.651. The van der Waals surface area contributed by atoms with Gasteiger partial charge in [-0.3, -0.25) is 14.9 Å². The van der Waals surface area contributed by atoms with E-state index in [1.54, 1.807) is 17.0 Å². The summed E-state index contributed by atoms with van der Waals surface area (Å²) >= 11 is 0. The zero-order valence-corrected chi connectivity index (χ0v) is 18.1. The Kier molecular flexibility index (Phi) is 8.04. The van der Waals surface area contributed by atoms with Crippen LogP contribution in [-0.2, 0) is 22.6 Å². The largest absolute Gasteiger partial charge is 0.367 e. The molecule has 0 unspecified atom stereocenters. The minimum absolute atomic E-state index is 0.00286. The molecule has 0 aliphatic rings. The first-order chi connectivity index (χ1) is 15.5. The van der Waals surface area contributed by atoms with Crippen LogP contribution in [0.25, 0.3) is 11.4 Å². The number of nitro benzene ring substituents is 1. The molecule has 9 nitrogen and oxygen atoms in total. The summed E-state index contributed by atoms with van der Waals surface area (Å²) in [4.78, 5) is 29.2. The number of ether oxygens (including phenoxy) is 1. The lowest BCUT2D eigenvalue weighted by Gasteiger charge is -2.28. The lowest BCUT2D eigenvalue weighted by molar-refractivity contribution is -0.384. The van der Waals surface area contributed by atoms with E-state index in [2.05, 4.69) is 10.1 Å². The second kappa shape index (κ2) is 11.1. The van der Waals surface area contributed by atoms with Gasteiger partial charge in [0.2, 0.25) is 17.6 Å². The molecule has 3 rings (SSSR count). The molecule has 0 saturated carbocycles. The highest BCUT2D eigenvalue weighted by molar-refractivity contribution is 5.77. The number of benzene rings is 2. The van der Waals surface area contributed by atoms with E-state index in [9.17, 15) is 14.9 Å². The number of nitro groups is 1. The van der Waals surface area contributed by atoms with Crippen molar-refractivity contribution in [3.8, 4) is 11.4 Å². The summed E-state index contributed by atoms with van der Waals surface area (Å²) in [6.45, 7) is 4.81. The second-order valence-electron chi connectivity index (χ2n) is 7.39. The van der Waals surface area contributed by atoms with Gasteiger partial charge in [-0.1, -0.05) is 42.4 Å². The fraction of sp³-hybridized carbons (Fsp3) is 0.348. The fourth-order valence-electron chi connectivity index (χ4n) is 3.15. The number of carbonyl (C=O) groups is 1. The van der Waals surface area contributed by atoms with Gasteiger partial charge in [0.15, 0.2) is 0 Å². The lowest BCUT2D eigenvalue weighted by Crippen LogP contribution is -2.41. The zero-order chi connectivity index (χ0) is 22.9. The summed E-state index contributed by atoms with van der Waals surface area (Å²) in [7, 11) is 0. The molecular formula is C23H26N4O5. The number of aromatic nitrogens is 2. The molecular weight excluding hydrogens is 412 g/mol. The topological polar surface area (TPSA) is 112 Å². The second-order valence-corrected chi connectivity index (χ2v) is 7.39. The van der Waals surface area contributed by atoms with E-state index in [-0.39, 0.29) is 24.2 Å². The Morgan fingerprint density at radius 3 is 2.56 bits per heavy atom. The number of hydrogen-bond donors (Lipinski definition) is 0. The minimum Gasteiger partial charge on any atom is -0.367 e. The number of amides is 1. The maximum atomic E-state index is 12.7. The van der Waals surface area contributed by atoms with Gasteiger partial charge in [0.1, 0.15) is 6.61 Å². The van der Waals surface area contributed by atoms with Crippen molar-refractivity contribution in [1.82, 2.24) is 15.0 Å². The van der Waals surface area contributed by atoms with E-state index in [1.807, 2.05) is 44.2 Å². The van der Waals surface area contributed by atoms with Crippen molar-refractivity contribution in [2.45, 2.75) is 39.3 Å². The third kappa shape index (κ3) is 6.21. The SMILES string of the molecule is CC[C@@H](C)N(CCc1nc(-c2ccc([N+](=O)[O-])cc2)no1)C(=O)COCc1ccccc1. The number of non-ortho nitro benzene ring substituents is 1. The van der Waals surface area contributed by atoms with Crippen LogP contribution < -0.4 is 0 Å². The lowest BCUT2D eigenvalue weighted by atomic mass is 10.2. The molecule has 1 amide bonds. The third-order valence-corrected chi connectivity index (χ3v) is 5.15. The van der Waals surface area contributed by atoms with Crippen LogP contribution in [0, 0.1) is 10.1 Å². The van der Waals surface area contributed by atoms with Crippen LogP contribution in [0.1, 0.15) is 31.7 Å². The highest BCUT2D eigenvalue weighted by Gasteiger charge is 2.20. The molecule has 0 aliphatic heterocycles. The molecule has 0 N–H and O–H groups in total. The molecule has 0 fully saturated rings. The Bertz CT molecular complexity index is 1020. The van der Waals surface area contributed by atoms with Gasteiger partial charge in [0.05, 0.1) is 11.5 Å². The highest BCUT2D eigenvalue weighted by atomic mass is 16.6. The van der Waals surface area contributed by atoms with Crippen molar-refractivity contribution >= 4 is 11.6 Å². The molecule has 2 aromatic carbocycles. The van der Waals surface area contributed by atoms with Crippen LogP contribution in [0.5, 0.6) is 0 Å². The minimum atomic E-state index is -0.463. The van der Waals surface area contributed by atoms with Crippen LogP contribution in [0.2, 0.25) is 0 Å². The molecule has 9 heteroatoms. The first-order valence-electron chi connectivity index (χ1n) is 10.5. The average Bonchev–Trinajstić information content (AvgIpc) is 3.28. The standard InChI is InChI=1S/C23H26N4O5/c1-3-17(2)26(22(28)16-31-15-18-7-5-4-6-8-18)14-13-21-24-23(25-32-21)19-9-11-20(12-10-19)27(29)30/h4-12,17H,3,13-16H2,1-2H3/t17-/m1/s1. The predicted molar refractivity (Wildman–Crippen MR) is 118 cm³/mol. The molecule has 0 aliphatic carbocycles. The van der Waals surface area contributed by atoms with E-state index >= 15 is 0 Å². The molecule has 168 valence electrons. The van der Waals surface area contributed by atoms with Gasteiger partial charge in [0, 0.05) is 36.7 Å². The van der Waals surface area contributed by atoms with Gasteiger partial charge < -0.3 is 14.2 Å². The number of nitrogens with zero attached hydrogens (tertiary/aromatic N) is 4. The van der Waals surface area contributed by atoms with Crippen LogP contribution in [0.3, 0.4) is 0 Å². The first kappa shape index (κ1) is 23.1. The molecule has 0 saturated heterocycles. The van der Waals surface area contributed by atoms with E-state index < -0.39 is 4.92 Å². The maximum Gasteiger partial charge on any atom is 0.269 e. The van der Waals surface area contributed by atoms with E-state index in [0.717, 1.165) is 12.0 Å². The van der Waals surface area contributed by atoms with Crippen LogP contribution in [0.15, 0.2) is 59.1 Å². The van der Waals surface area contributed by atoms with E-state index in [4.69, 9.17) is 9.26 Å². The molecule has 0 radical (unpaired) electrons. The van der Waals surface area contributed by atoms with Crippen molar-refractivity contribution in [2.24, 2.45) is 0 Å². The smallest absolute Gasteiger partial charge is 0.269 e. The van der Waals surface area contributed by atoms with Gasteiger partial charge in [-0.25, -0.2) is 0 Å². The molecule has 1 heterocycles. The Morgan fingerprint density at radius 1 is 1.19 bits per heavy atom. The zero-order valence-electron chi connectivity index (χ0n) is 18.1. The van der Waals surface area contributed by atoms with Crippen molar-refractivity contribution < 1.29 is 19.0 Å². The molecule has 32 heavy (non-hydrogen) atoms. The Balaban J connectivity index is 1.57. The van der Waals surface area contributed by atoms with Crippen LogP contribution in [0.4, 0.5) is 5.69 Å². The monoisotopic (exact) mass is 438 g/mol. The molecule has 3 aromatic rings. The normalized spacial score (nSPS) is 11.8. The molecule has 1 aromatic heterocycles. The highest BCUT2D eigenvalue weighted by Crippen LogP contribution is 2.20. The van der Waals surface area contributed by atoms with Gasteiger partial charge in [-0.2, -0.15) is 4.98 Å². The van der Waals surface area contributed by atoms with Gasteiger partial charge >= 0.3 is 0 Å². The van der Waals surface area contributed by atoms with Gasteiger partial charge in [0.25, 0.3) is 5.69 Å². The van der Waals surface area contributed by atoms with Crippen molar-refractivity contribution in [2.75, 3.05) is 13.2 Å². The van der Waals surface area contributed by atoms with Crippen molar-refractivity contribution in [1.29, 1.82) is 0 Å². The Hall–Kier alpha value is -3.59. The van der Waals surface area contributed by atoms with Gasteiger partial charge in [-0.15, -0.1) is 0 Å². The van der Waals surface area contributed by atoms with Crippen molar-refractivity contribution in [3.05, 3.63) is 76.2 Å². The number of rotatable bonds is 11. The van der Waals surface area contributed by atoms with Crippen LogP contribution >= 0.6 is 0 Å². The van der Waals surface area contributed by atoms with E-state index in [1.165, 1.54) is 12.1 Å². The number of hydrogen-bond acceptors (Lipinski definition) is 7. The van der Waals surface area contributed by atoms with Crippen LogP contribution in [-0.4, -0.2) is 45.1 Å². The maximum absolute atomic E-state index is 12.7. The Morgan fingerprint density at radius 2 is 1.91 bits per heavy atom. The summed E-state index contributed by atoms with van der Waals surface area (Å²) in [6.07, 6.45) is 1.21. The first-order valence-corrected chi connectivity index (χ1v) is 10.5. The molecule has 1 atom stereocenters. The summed E-state index contributed by atoms with van der Waals surface area (Å²) in [5.41, 5.74) is 1.63. The summed E-state index contributed by atoms with van der Waals surface area (Å²) < 4.78 is 10.9. The predicted octanol–water partition coefficient (Wildman–Crippen LogP) is 4.03. The summed E-state index contributed by atoms with van der Waals surface area (Å²) in [6, 6.07) is 15.7. The number of carbonyl (C=O) groups excluding carboxylic acids is 1.